The Hall–Kier alpha value is -4.66. The first-order chi connectivity index (χ1) is 26.6. The van der Waals surface area contributed by atoms with E-state index in [0.717, 1.165) is 0 Å². The Morgan fingerprint density at radius 3 is 2.11 bits per heavy atom. The lowest BCUT2D eigenvalue weighted by Crippen LogP contribution is -2.79. The second kappa shape index (κ2) is 15.3. The van der Waals surface area contributed by atoms with Crippen molar-refractivity contribution in [2.75, 3.05) is 6.61 Å². The lowest BCUT2D eigenvalue weighted by molar-refractivity contribution is -0.336. The van der Waals surface area contributed by atoms with Crippen LogP contribution in [-0.4, -0.2) is 94.1 Å². The highest BCUT2D eigenvalue weighted by molar-refractivity contribution is 6.40. The average molecular weight is 792 g/mol. The van der Waals surface area contributed by atoms with Crippen LogP contribution < -0.4 is 5.32 Å². The Bertz CT molecular complexity index is 1890. The van der Waals surface area contributed by atoms with Crippen molar-refractivity contribution >= 4 is 35.6 Å². The van der Waals surface area contributed by atoms with Gasteiger partial charge in [-0.2, -0.15) is 0 Å². The predicted octanol–water partition coefficient (Wildman–Crippen LogP) is 4.29. The van der Waals surface area contributed by atoms with Crippen LogP contribution in [-0.2, 0) is 42.9 Å². The highest BCUT2D eigenvalue weighted by atomic mass is 16.6. The number of ketones is 2. The number of hydrogen-bond donors (Lipinski definition) is 3. The number of hydrogen-bond acceptors (Lipinski definition) is 13. The fourth-order valence-electron chi connectivity index (χ4n) is 9.95. The molecule has 3 unspecified atom stereocenters. The van der Waals surface area contributed by atoms with Gasteiger partial charge in [0.15, 0.2) is 11.7 Å². The molecule has 6 rings (SSSR count). The molecule has 308 valence electrons. The first kappa shape index (κ1) is 42.0. The van der Waals surface area contributed by atoms with Crippen LogP contribution in [0.2, 0.25) is 0 Å². The fourth-order valence-corrected chi connectivity index (χ4v) is 9.95. The maximum Gasteiger partial charge on any atom is 0.408 e. The summed E-state index contributed by atoms with van der Waals surface area (Å²) in [6, 6.07) is 15.2. The van der Waals surface area contributed by atoms with Crippen LogP contribution in [0.1, 0.15) is 90.2 Å². The number of esters is 3. The van der Waals surface area contributed by atoms with E-state index in [4.69, 9.17) is 23.7 Å². The van der Waals surface area contributed by atoms with Crippen LogP contribution in [0.3, 0.4) is 0 Å². The Kier molecular flexibility index (Phi) is 11.2. The van der Waals surface area contributed by atoms with E-state index >= 15 is 0 Å². The summed E-state index contributed by atoms with van der Waals surface area (Å²) in [6.45, 7) is 12.7. The number of aliphatic hydroxyl groups excluding tert-OH is 2. The molecule has 0 aromatic heterocycles. The molecule has 2 aromatic rings. The van der Waals surface area contributed by atoms with Gasteiger partial charge in [0.1, 0.15) is 23.9 Å². The predicted molar refractivity (Wildman–Crippen MR) is 201 cm³/mol. The molecule has 0 radical (unpaired) electrons. The average Bonchev–Trinajstić information content (AvgIpc) is 3.13. The summed E-state index contributed by atoms with van der Waals surface area (Å²) in [6.07, 6.45) is -7.74. The molecule has 3 aliphatic carbocycles. The van der Waals surface area contributed by atoms with Gasteiger partial charge in [-0.25, -0.2) is 14.4 Å². The molecule has 2 bridgehead atoms. The number of alkyl carbamates (subject to hydrolysis) is 1. The van der Waals surface area contributed by atoms with Gasteiger partial charge in [0.25, 0.3) is 0 Å². The van der Waals surface area contributed by atoms with Gasteiger partial charge in [0.05, 0.1) is 35.6 Å². The number of Topliss-reactive ketones (excluding diaryl/α,β-unsaturated/α-hetero) is 2. The summed E-state index contributed by atoms with van der Waals surface area (Å²) in [4.78, 5) is 83.5. The second-order valence-corrected chi connectivity index (χ2v) is 17.7. The van der Waals surface area contributed by atoms with Crippen molar-refractivity contribution in [1.82, 2.24) is 5.32 Å². The molecule has 57 heavy (non-hydrogen) atoms. The van der Waals surface area contributed by atoms with Crippen LogP contribution in [0.25, 0.3) is 0 Å². The Morgan fingerprint density at radius 2 is 1.54 bits per heavy atom. The molecule has 4 fully saturated rings. The lowest BCUT2D eigenvalue weighted by atomic mass is 9.44. The summed E-state index contributed by atoms with van der Waals surface area (Å²) in [5, 5.41) is 26.0. The van der Waals surface area contributed by atoms with E-state index in [0.29, 0.717) is 5.56 Å². The van der Waals surface area contributed by atoms with E-state index in [1.54, 1.807) is 102 Å². The molecule has 1 aliphatic heterocycles. The number of carbonyl (C=O) groups is 6. The number of aliphatic hydroxyl groups is 2. The minimum absolute atomic E-state index is 0.0306. The minimum atomic E-state index is -1.95. The van der Waals surface area contributed by atoms with E-state index in [-0.39, 0.29) is 25.0 Å². The Morgan fingerprint density at radius 1 is 0.930 bits per heavy atom. The first-order valence-corrected chi connectivity index (χ1v) is 19.4. The maximum absolute atomic E-state index is 14.9. The summed E-state index contributed by atoms with van der Waals surface area (Å²) < 4.78 is 29.9. The highest BCUT2D eigenvalue weighted by Crippen LogP contribution is 2.63. The third-order valence-electron chi connectivity index (χ3n) is 12.7. The van der Waals surface area contributed by atoms with Gasteiger partial charge >= 0.3 is 24.0 Å². The standard InChI is InChI=1S/C43H53NO13/c1-22-27(54-38(51)33(48)31(24-15-11-9-12-16-24)44-39(52)57-40(3,4)5)19-26-34(55-37(50)25-17-13-10-14-18-25)35-42(8,36(49)32(47)30(22)41(26,6)7)28(46)20-29-43(35,21-53-29)56-23(2)45/h9-18,22,26-31,33-35,46,48H,19-21H2,1-8H3,(H,44,52)/t22?,26?,27-,28-,29+,30?,31-,33+,34+,35-,42+,43-/m0/s1. The number of ether oxygens (including phenoxy) is 5. The largest absolute Gasteiger partial charge is 0.460 e. The SMILES string of the molecule is CC(=O)O[C@@]12CO[C@@H]1C[C@H](O)[C@@]1(C)C(=O)C(=O)C3C(C)[C@@H](OC(=O)[C@H](O)[C@@H](NC(=O)OC(C)(C)C)c4ccccc4)CC([C@@H](OC(=O)c4ccccc4)[C@H]21)C3(C)C. The first-order valence-electron chi connectivity index (χ1n) is 19.4. The third-order valence-corrected chi connectivity index (χ3v) is 12.7. The van der Waals surface area contributed by atoms with Crippen molar-refractivity contribution < 1.29 is 62.7 Å². The van der Waals surface area contributed by atoms with Gasteiger partial charge in [-0.3, -0.25) is 14.4 Å². The normalized spacial score (nSPS) is 34.0. The van der Waals surface area contributed by atoms with E-state index in [2.05, 4.69) is 5.32 Å². The molecular formula is C43H53NO13. The van der Waals surface area contributed by atoms with Gasteiger partial charge in [-0.1, -0.05) is 69.3 Å². The van der Waals surface area contributed by atoms with Crippen molar-refractivity contribution in [3.63, 3.8) is 0 Å². The van der Waals surface area contributed by atoms with Crippen LogP contribution in [0, 0.1) is 34.5 Å². The van der Waals surface area contributed by atoms with Gasteiger partial charge in [0, 0.05) is 31.1 Å². The number of carbonyl (C=O) groups excluding carboxylic acids is 6. The maximum atomic E-state index is 14.9. The molecule has 12 atom stereocenters. The van der Waals surface area contributed by atoms with E-state index < -0.39 is 118 Å². The minimum Gasteiger partial charge on any atom is -0.460 e. The zero-order chi connectivity index (χ0) is 41.8. The molecule has 2 aromatic carbocycles. The Balaban J connectivity index is 1.43. The number of fused-ring (bicyclic) bond motifs is 5. The second-order valence-electron chi connectivity index (χ2n) is 17.7. The fraction of sp³-hybridized carbons (Fsp3) is 0.581. The molecule has 4 aliphatic rings. The Labute approximate surface area is 331 Å². The molecular weight excluding hydrogens is 738 g/mol. The van der Waals surface area contributed by atoms with Crippen molar-refractivity contribution in [2.45, 2.75) is 116 Å². The quantitative estimate of drug-likeness (QED) is 0.195. The van der Waals surface area contributed by atoms with Crippen molar-refractivity contribution in [3.8, 4) is 0 Å². The van der Waals surface area contributed by atoms with Gasteiger partial charge in [0.2, 0.25) is 11.6 Å². The van der Waals surface area contributed by atoms with Crippen LogP contribution in [0.5, 0.6) is 0 Å². The lowest BCUT2D eigenvalue weighted by Gasteiger charge is -2.66. The zero-order valence-corrected chi connectivity index (χ0v) is 33.6. The molecule has 1 heterocycles. The monoisotopic (exact) mass is 791 g/mol. The molecule has 1 amide bonds. The molecule has 3 saturated carbocycles. The molecule has 1 saturated heterocycles. The van der Waals surface area contributed by atoms with Gasteiger partial charge < -0.3 is 39.2 Å². The summed E-state index contributed by atoms with van der Waals surface area (Å²) in [5.41, 5.74) is -4.88. The zero-order valence-electron chi connectivity index (χ0n) is 33.6. The topological polar surface area (TPSA) is 201 Å². The number of rotatable bonds is 8. The molecule has 14 nitrogen and oxygen atoms in total. The van der Waals surface area contributed by atoms with Crippen LogP contribution in [0.15, 0.2) is 60.7 Å². The summed E-state index contributed by atoms with van der Waals surface area (Å²) >= 11 is 0. The molecule has 3 N–H and O–H groups in total. The van der Waals surface area contributed by atoms with E-state index in [1.165, 1.54) is 13.8 Å². The highest BCUT2D eigenvalue weighted by Gasteiger charge is 2.76. The van der Waals surface area contributed by atoms with Crippen molar-refractivity contribution in [3.05, 3.63) is 71.8 Å². The van der Waals surface area contributed by atoms with E-state index in [1.807, 2.05) is 0 Å². The number of benzene rings is 2. The number of amides is 1. The van der Waals surface area contributed by atoms with Crippen molar-refractivity contribution in [1.29, 1.82) is 0 Å². The van der Waals surface area contributed by atoms with Crippen LogP contribution in [0.4, 0.5) is 4.79 Å². The third kappa shape index (κ3) is 7.47. The molecule has 14 heteroatoms. The summed E-state index contributed by atoms with van der Waals surface area (Å²) in [5.74, 6) is -8.39. The van der Waals surface area contributed by atoms with Gasteiger partial charge in [-0.15, -0.1) is 0 Å². The van der Waals surface area contributed by atoms with E-state index in [9.17, 15) is 39.0 Å². The van der Waals surface area contributed by atoms with Crippen molar-refractivity contribution in [2.24, 2.45) is 34.5 Å². The summed E-state index contributed by atoms with van der Waals surface area (Å²) in [7, 11) is 0. The van der Waals surface area contributed by atoms with Crippen LogP contribution >= 0.6 is 0 Å². The number of nitrogens with one attached hydrogen (secondary N) is 1. The molecule has 0 spiro atoms. The van der Waals surface area contributed by atoms with Gasteiger partial charge in [-0.05, 0) is 57.2 Å². The smallest absolute Gasteiger partial charge is 0.408 e.